The highest BCUT2D eigenvalue weighted by Crippen LogP contribution is 2.42. The van der Waals surface area contributed by atoms with Crippen LogP contribution in [0.5, 0.6) is 5.75 Å². The van der Waals surface area contributed by atoms with Gasteiger partial charge < -0.3 is 4.74 Å². The molecular formula is C21H21N3O3S. The van der Waals surface area contributed by atoms with E-state index in [4.69, 9.17) is 4.74 Å². The molecule has 1 aliphatic rings. The molecule has 0 radical (unpaired) electrons. The summed E-state index contributed by atoms with van der Waals surface area (Å²) in [6.07, 6.45) is 0. The van der Waals surface area contributed by atoms with Crippen LogP contribution in [0.25, 0.3) is 5.69 Å². The van der Waals surface area contributed by atoms with E-state index in [9.17, 15) is 9.59 Å². The third-order valence-electron chi connectivity index (χ3n) is 5.03. The molecule has 0 N–H and O–H groups in total. The van der Waals surface area contributed by atoms with Crippen LogP contribution >= 0.6 is 11.8 Å². The molecule has 0 aliphatic carbocycles. The summed E-state index contributed by atoms with van der Waals surface area (Å²) in [6.45, 7) is 1.87. The van der Waals surface area contributed by atoms with E-state index in [1.807, 2.05) is 68.6 Å². The van der Waals surface area contributed by atoms with Crippen molar-refractivity contribution in [1.82, 2.24) is 9.36 Å². The van der Waals surface area contributed by atoms with E-state index in [0.717, 1.165) is 22.7 Å². The Bertz CT molecular complexity index is 1070. The van der Waals surface area contributed by atoms with Crippen LogP contribution in [0.2, 0.25) is 0 Å². The Morgan fingerprint density at radius 2 is 1.71 bits per heavy atom. The number of carbonyl (C=O) groups excluding carboxylic acids is 1. The number of amides is 1. The van der Waals surface area contributed by atoms with Crippen molar-refractivity contribution in [3.05, 3.63) is 76.2 Å². The molecule has 1 fully saturated rings. The lowest BCUT2D eigenvalue weighted by atomic mass is 10.2. The molecule has 0 saturated carbocycles. The molecule has 144 valence electrons. The highest BCUT2D eigenvalue weighted by atomic mass is 32.2. The van der Waals surface area contributed by atoms with Crippen LogP contribution < -0.4 is 15.2 Å². The van der Waals surface area contributed by atoms with Gasteiger partial charge in [0.2, 0.25) is 5.91 Å². The van der Waals surface area contributed by atoms with Gasteiger partial charge in [-0.3, -0.25) is 19.2 Å². The number of para-hydroxylation sites is 1. The minimum Gasteiger partial charge on any atom is -0.497 e. The first-order valence-corrected chi connectivity index (χ1v) is 9.99. The topological polar surface area (TPSA) is 56.5 Å². The Hall–Kier alpha value is -2.93. The first-order chi connectivity index (χ1) is 13.5. The molecule has 6 nitrogen and oxygen atoms in total. The third-order valence-corrected chi connectivity index (χ3v) is 6.25. The predicted molar refractivity (Wildman–Crippen MR) is 111 cm³/mol. The standard InChI is InChI=1S/C21H21N3O3S/c1-14-19(20(26)24(22(14)2)16-7-5-4-6-8-16)23-18(25)13-28-21(23)15-9-11-17(27-3)12-10-15/h4-12,21H,13H2,1-3H3/t21-/m1/s1. The van der Waals surface area contributed by atoms with Gasteiger partial charge in [0, 0.05) is 7.05 Å². The molecule has 28 heavy (non-hydrogen) atoms. The Morgan fingerprint density at radius 1 is 1.04 bits per heavy atom. The van der Waals surface area contributed by atoms with Gasteiger partial charge >= 0.3 is 0 Å². The summed E-state index contributed by atoms with van der Waals surface area (Å²) in [4.78, 5) is 27.7. The number of hydrogen-bond acceptors (Lipinski definition) is 4. The number of methoxy groups -OCH3 is 1. The molecule has 3 aromatic rings. The van der Waals surface area contributed by atoms with Gasteiger partial charge in [-0.1, -0.05) is 30.3 Å². The van der Waals surface area contributed by atoms with Crippen molar-refractivity contribution in [2.45, 2.75) is 12.3 Å². The van der Waals surface area contributed by atoms with Gasteiger partial charge in [0.25, 0.3) is 5.56 Å². The van der Waals surface area contributed by atoms with E-state index < -0.39 is 0 Å². The van der Waals surface area contributed by atoms with Crippen LogP contribution in [0.15, 0.2) is 59.4 Å². The maximum atomic E-state index is 13.3. The molecule has 1 saturated heterocycles. The summed E-state index contributed by atoms with van der Waals surface area (Å²) >= 11 is 1.53. The number of rotatable bonds is 4. The van der Waals surface area contributed by atoms with Gasteiger partial charge in [0.05, 0.1) is 24.2 Å². The van der Waals surface area contributed by atoms with Gasteiger partial charge in [0.15, 0.2) is 0 Å². The first-order valence-electron chi connectivity index (χ1n) is 8.94. The summed E-state index contributed by atoms with van der Waals surface area (Å²) in [5.74, 6) is 1.04. The fraction of sp³-hybridized carbons (Fsp3) is 0.238. The zero-order chi connectivity index (χ0) is 19.8. The minimum atomic E-state index is -0.239. The molecule has 0 unspecified atom stereocenters. The van der Waals surface area contributed by atoms with E-state index in [2.05, 4.69) is 0 Å². The molecule has 2 heterocycles. The second kappa shape index (κ2) is 7.24. The zero-order valence-electron chi connectivity index (χ0n) is 16.0. The molecular weight excluding hydrogens is 374 g/mol. The first kappa shape index (κ1) is 18.4. The Kier molecular flexibility index (Phi) is 4.77. The molecule has 0 bridgehead atoms. The Morgan fingerprint density at radius 3 is 2.36 bits per heavy atom. The number of hydrogen-bond donors (Lipinski definition) is 0. The highest BCUT2D eigenvalue weighted by Gasteiger charge is 2.38. The van der Waals surface area contributed by atoms with Crippen LogP contribution in [0.1, 0.15) is 16.6 Å². The van der Waals surface area contributed by atoms with Crippen molar-refractivity contribution in [3.8, 4) is 11.4 Å². The number of ether oxygens (including phenoxy) is 1. The number of carbonyl (C=O) groups is 1. The summed E-state index contributed by atoms with van der Waals surface area (Å²) in [7, 11) is 3.46. The maximum absolute atomic E-state index is 13.3. The average molecular weight is 395 g/mol. The van der Waals surface area contributed by atoms with Crippen molar-refractivity contribution in [2.75, 3.05) is 17.8 Å². The summed E-state index contributed by atoms with van der Waals surface area (Å²) in [5.41, 5.74) is 2.72. The minimum absolute atomic E-state index is 0.0585. The van der Waals surface area contributed by atoms with Crippen molar-refractivity contribution < 1.29 is 9.53 Å². The second-order valence-corrected chi connectivity index (χ2v) is 7.68. The summed E-state index contributed by atoms with van der Waals surface area (Å²) in [5, 5.41) is -0.239. The Balaban J connectivity index is 1.82. The van der Waals surface area contributed by atoms with Crippen molar-refractivity contribution in [2.24, 2.45) is 7.05 Å². The molecule has 4 rings (SSSR count). The number of anilines is 1. The van der Waals surface area contributed by atoms with Crippen LogP contribution in [0.3, 0.4) is 0 Å². The van der Waals surface area contributed by atoms with Crippen LogP contribution in [0.4, 0.5) is 5.69 Å². The molecule has 1 atom stereocenters. The zero-order valence-corrected chi connectivity index (χ0v) is 16.8. The lowest BCUT2D eigenvalue weighted by Crippen LogP contribution is -2.33. The van der Waals surface area contributed by atoms with E-state index in [0.29, 0.717) is 11.4 Å². The van der Waals surface area contributed by atoms with E-state index in [1.165, 1.54) is 11.8 Å². The number of thioether (sulfide) groups is 1. The van der Waals surface area contributed by atoms with Crippen LogP contribution in [-0.2, 0) is 11.8 Å². The predicted octanol–water partition coefficient (Wildman–Crippen LogP) is 3.27. The van der Waals surface area contributed by atoms with Gasteiger partial charge in [-0.2, -0.15) is 0 Å². The van der Waals surface area contributed by atoms with Crippen molar-refractivity contribution >= 4 is 23.4 Å². The third kappa shape index (κ3) is 2.92. The summed E-state index contributed by atoms with van der Waals surface area (Å²) in [6, 6.07) is 17.1. The van der Waals surface area contributed by atoms with Gasteiger partial charge in [0.1, 0.15) is 16.8 Å². The fourth-order valence-corrected chi connectivity index (χ4v) is 4.67. The molecule has 1 amide bonds. The smallest absolute Gasteiger partial charge is 0.295 e. The lowest BCUT2D eigenvalue weighted by molar-refractivity contribution is -0.115. The number of aromatic nitrogens is 2. The SMILES string of the molecule is COc1ccc([C@H]2SCC(=O)N2c2c(C)n(C)n(-c3ccccc3)c2=O)cc1. The van der Waals surface area contributed by atoms with Crippen molar-refractivity contribution in [1.29, 1.82) is 0 Å². The molecule has 0 spiro atoms. The van der Waals surface area contributed by atoms with Crippen LogP contribution in [-0.4, -0.2) is 28.1 Å². The lowest BCUT2D eigenvalue weighted by Gasteiger charge is -2.23. The average Bonchev–Trinajstić information content (AvgIpc) is 3.19. The van der Waals surface area contributed by atoms with Crippen LogP contribution in [0, 0.1) is 6.92 Å². The molecule has 1 aromatic heterocycles. The number of nitrogens with zero attached hydrogens (tertiary/aromatic N) is 3. The van der Waals surface area contributed by atoms with E-state index in [1.54, 1.807) is 21.4 Å². The van der Waals surface area contributed by atoms with E-state index >= 15 is 0 Å². The molecule has 7 heteroatoms. The molecule has 2 aromatic carbocycles. The highest BCUT2D eigenvalue weighted by molar-refractivity contribution is 8.00. The normalized spacial score (nSPS) is 16.6. The Labute approximate surface area is 167 Å². The second-order valence-electron chi connectivity index (χ2n) is 6.61. The van der Waals surface area contributed by atoms with Gasteiger partial charge in [-0.25, -0.2) is 4.68 Å². The van der Waals surface area contributed by atoms with Crippen molar-refractivity contribution in [3.63, 3.8) is 0 Å². The van der Waals surface area contributed by atoms with E-state index in [-0.39, 0.29) is 16.8 Å². The largest absolute Gasteiger partial charge is 0.497 e. The molecule has 1 aliphatic heterocycles. The summed E-state index contributed by atoms with van der Waals surface area (Å²) < 4.78 is 8.63. The number of benzene rings is 2. The fourth-order valence-electron chi connectivity index (χ4n) is 3.51. The monoisotopic (exact) mass is 395 g/mol. The quantitative estimate of drug-likeness (QED) is 0.680. The van der Waals surface area contributed by atoms with Gasteiger partial charge in [-0.15, -0.1) is 11.8 Å². The van der Waals surface area contributed by atoms with Gasteiger partial charge in [-0.05, 0) is 36.8 Å². The maximum Gasteiger partial charge on any atom is 0.295 e.